The molecule has 1 atom stereocenters. The molecular formula is C14H14ClF3N2O. The molecule has 21 heavy (non-hydrogen) atoms. The Bertz CT molecular complexity index is 572. The fourth-order valence-electron chi connectivity index (χ4n) is 2.12. The van der Waals surface area contributed by atoms with E-state index in [4.69, 9.17) is 17.3 Å². The van der Waals surface area contributed by atoms with Gasteiger partial charge in [-0.05, 0) is 30.2 Å². The highest BCUT2D eigenvalue weighted by Gasteiger charge is 2.33. The summed E-state index contributed by atoms with van der Waals surface area (Å²) in [6.07, 6.45) is -1.19. The Kier molecular flexibility index (Phi) is 4.58. The van der Waals surface area contributed by atoms with E-state index in [1.54, 1.807) is 4.90 Å². The maximum Gasteiger partial charge on any atom is 0.417 e. The number of carbonyl (C=O) groups is 1. The molecule has 0 spiro atoms. The number of nitrogens with zero attached hydrogens (tertiary/aromatic N) is 1. The second-order valence-corrected chi connectivity index (χ2v) is 5.31. The first-order chi connectivity index (χ1) is 9.77. The van der Waals surface area contributed by atoms with Crippen LogP contribution < -0.4 is 5.73 Å². The SMILES string of the molecule is NC1CCN(C(=O)/C=C/c2ccc(Cl)c(C(F)(F)F)c2)C1. The van der Waals surface area contributed by atoms with Crippen LogP contribution in [0.1, 0.15) is 17.5 Å². The lowest BCUT2D eigenvalue weighted by Crippen LogP contribution is -2.30. The van der Waals surface area contributed by atoms with Crippen LogP contribution in [0.4, 0.5) is 13.2 Å². The lowest BCUT2D eigenvalue weighted by Gasteiger charge is -2.13. The molecule has 0 radical (unpaired) electrons. The van der Waals surface area contributed by atoms with E-state index in [0.717, 1.165) is 12.5 Å². The Hall–Kier alpha value is -1.53. The van der Waals surface area contributed by atoms with Gasteiger partial charge in [0.05, 0.1) is 10.6 Å². The van der Waals surface area contributed by atoms with Crippen molar-refractivity contribution in [1.29, 1.82) is 0 Å². The Morgan fingerprint density at radius 1 is 1.43 bits per heavy atom. The fraction of sp³-hybridized carbons (Fsp3) is 0.357. The van der Waals surface area contributed by atoms with Crippen molar-refractivity contribution < 1.29 is 18.0 Å². The smallest absolute Gasteiger partial charge is 0.338 e. The minimum absolute atomic E-state index is 0.0327. The number of rotatable bonds is 2. The molecule has 0 saturated carbocycles. The molecule has 0 aromatic heterocycles. The van der Waals surface area contributed by atoms with Crippen LogP contribution in [0.3, 0.4) is 0 Å². The number of halogens is 4. The summed E-state index contributed by atoms with van der Waals surface area (Å²) in [5, 5.41) is -0.364. The Labute approximate surface area is 125 Å². The lowest BCUT2D eigenvalue weighted by atomic mass is 10.1. The topological polar surface area (TPSA) is 46.3 Å². The molecule has 0 aliphatic carbocycles. The maximum atomic E-state index is 12.7. The number of carbonyl (C=O) groups excluding carboxylic acids is 1. The van der Waals surface area contributed by atoms with Gasteiger partial charge >= 0.3 is 6.18 Å². The van der Waals surface area contributed by atoms with Gasteiger partial charge in [-0.2, -0.15) is 13.2 Å². The summed E-state index contributed by atoms with van der Waals surface area (Å²) >= 11 is 5.53. The average molecular weight is 319 g/mol. The Morgan fingerprint density at radius 2 is 2.14 bits per heavy atom. The Morgan fingerprint density at radius 3 is 2.71 bits per heavy atom. The van der Waals surface area contributed by atoms with Gasteiger partial charge in [-0.15, -0.1) is 0 Å². The van der Waals surface area contributed by atoms with Crippen LogP contribution in [0.25, 0.3) is 6.08 Å². The number of hydrogen-bond acceptors (Lipinski definition) is 2. The van der Waals surface area contributed by atoms with Crippen LogP contribution >= 0.6 is 11.6 Å². The van der Waals surface area contributed by atoms with Gasteiger partial charge in [-0.25, -0.2) is 0 Å². The molecule has 2 rings (SSSR count). The number of hydrogen-bond donors (Lipinski definition) is 1. The summed E-state index contributed by atoms with van der Waals surface area (Å²) in [6, 6.07) is 3.48. The Balaban J connectivity index is 2.13. The van der Waals surface area contributed by atoms with Gasteiger partial charge in [0.25, 0.3) is 0 Å². The second-order valence-electron chi connectivity index (χ2n) is 4.90. The predicted octanol–water partition coefficient (Wildman–Crippen LogP) is 2.93. The largest absolute Gasteiger partial charge is 0.417 e. The number of amides is 1. The summed E-state index contributed by atoms with van der Waals surface area (Å²) in [7, 11) is 0. The zero-order valence-corrected chi connectivity index (χ0v) is 11.8. The van der Waals surface area contributed by atoms with Crippen LogP contribution in [-0.4, -0.2) is 29.9 Å². The summed E-state index contributed by atoms with van der Waals surface area (Å²) in [5.41, 5.74) is 5.05. The quantitative estimate of drug-likeness (QED) is 0.852. The van der Waals surface area contributed by atoms with E-state index in [-0.39, 0.29) is 22.5 Å². The molecule has 1 fully saturated rings. The third kappa shape index (κ3) is 3.98. The standard InChI is InChI=1S/C14H14ClF3N2O/c15-12-3-1-9(7-11(12)14(16,17)18)2-4-13(21)20-6-5-10(19)8-20/h1-4,7,10H,5-6,8,19H2/b4-2+. The van der Waals surface area contributed by atoms with E-state index in [9.17, 15) is 18.0 Å². The van der Waals surface area contributed by atoms with E-state index < -0.39 is 11.7 Å². The molecule has 7 heteroatoms. The van der Waals surface area contributed by atoms with Crippen molar-refractivity contribution in [2.45, 2.75) is 18.6 Å². The highest BCUT2D eigenvalue weighted by Crippen LogP contribution is 2.35. The lowest BCUT2D eigenvalue weighted by molar-refractivity contribution is -0.137. The van der Waals surface area contributed by atoms with E-state index in [0.29, 0.717) is 13.1 Å². The third-order valence-electron chi connectivity index (χ3n) is 3.25. The van der Waals surface area contributed by atoms with Crippen molar-refractivity contribution in [2.24, 2.45) is 5.73 Å². The molecule has 114 valence electrons. The molecule has 1 unspecified atom stereocenters. The van der Waals surface area contributed by atoms with Crippen molar-refractivity contribution in [3.8, 4) is 0 Å². The zero-order valence-electron chi connectivity index (χ0n) is 11.0. The molecule has 1 amide bonds. The zero-order chi connectivity index (χ0) is 15.6. The minimum atomic E-state index is -4.52. The van der Waals surface area contributed by atoms with Crippen molar-refractivity contribution in [1.82, 2.24) is 4.90 Å². The normalized spacial score (nSPS) is 19.5. The van der Waals surface area contributed by atoms with E-state index >= 15 is 0 Å². The molecule has 1 heterocycles. The van der Waals surface area contributed by atoms with Crippen LogP contribution in [0.2, 0.25) is 5.02 Å². The number of benzene rings is 1. The van der Waals surface area contributed by atoms with Crippen molar-refractivity contribution in [3.63, 3.8) is 0 Å². The van der Waals surface area contributed by atoms with E-state index in [1.165, 1.54) is 24.3 Å². The third-order valence-corrected chi connectivity index (χ3v) is 3.58. The first kappa shape index (κ1) is 15.9. The minimum Gasteiger partial charge on any atom is -0.338 e. The number of alkyl halides is 3. The van der Waals surface area contributed by atoms with Crippen LogP contribution in [0.15, 0.2) is 24.3 Å². The van der Waals surface area contributed by atoms with Crippen molar-refractivity contribution in [3.05, 3.63) is 40.4 Å². The van der Waals surface area contributed by atoms with Gasteiger partial charge in [0.2, 0.25) is 5.91 Å². The van der Waals surface area contributed by atoms with Crippen LogP contribution in [-0.2, 0) is 11.0 Å². The first-order valence-electron chi connectivity index (χ1n) is 6.36. The molecule has 1 aliphatic rings. The second kappa shape index (κ2) is 6.07. The van der Waals surface area contributed by atoms with Gasteiger partial charge in [0, 0.05) is 25.2 Å². The number of likely N-dealkylation sites (tertiary alicyclic amines) is 1. The van der Waals surface area contributed by atoms with Gasteiger partial charge in [-0.1, -0.05) is 17.7 Å². The molecule has 1 saturated heterocycles. The highest BCUT2D eigenvalue weighted by atomic mass is 35.5. The van der Waals surface area contributed by atoms with Gasteiger partial charge in [-0.3, -0.25) is 4.79 Å². The molecule has 3 nitrogen and oxygen atoms in total. The monoisotopic (exact) mass is 318 g/mol. The fourth-order valence-corrected chi connectivity index (χ4v) is 2.35. The molecule has 1 aliphatic heterocycles. The summed E-state index contributed by atoms with van der Waals surface area (Å²) in [5.74, 6) is -0.258. The van der Waals surface area contributed by atoms with Gasteiger partial charge in [0.15, 0.2) is 0 Å². The molecule has 1 aromatic carbocycles. The molecule has 1 aromatic rings. The van der Waals surface area contributed by atoms with Crippen LogP contribution in [0.5, 0.6) is 0 Å². The summed E-state index contributed by atoms with van der Waals surface area (Å²) < 4.78 is 38.2. The van der Waals surface area contributed by atoms with E-state index in [2.05, 4.69) is 0 Å². The van der Waals surface area contributed by atoms with Crippen molar-refractivity contribution >= 4 is 23.6 Å². The van der Waals surface area contributed by atoms with Gasteiger partial charge in [0.1, 0.15) is 0 Å². The molecule has 0 bridgehead atoms. The predicted molar refractivity (Wildman–Crippen MR) is 74.7 cm³/mol. The summed E-state index contributed by atoms with van der Waals surface area (Å²) in [6.45, 7) is 1.04. The number of nitrogens with two attached hydrogens (primary N) is 1. The molecule has 2 N–H and O–H groups in total. The molecular weight excluding hydrogens is 305 g/mol. The maximum absolute atomic E-state index is 12.7. The first-order valence-corrected chi connectivity index (χ1v) is 6.74. The average Bonchev–Trinajstić information content (AvgIpc) is 2.83. The highest BCUT2D eigenvalue weighted by molar-refractivity contribution is 6.31. The van der Waals surface area contributed by atoms with Gasteiger partial charge < -0.3 is 10.6 Å². The summed E-state index contributed by atoms with van der Waals surface area (Å²) in [4.78, 5) is 13.4. The van der Waals surface area contributed by atoms with E-state index in [1.807, 2.05) is 0 Å². The van der Waals surface area contributed by atoms with Crippen LogP contribution in [0, 0.1) is 0 Å². The van der Waals surface area contributed by atoms with Crippen molar-refractivity contribution in [2.75, 3.05) is 13.1 Å².